The fraction of sp³-hybridized carbons (Fsp3) is 0.462. The summed E-state index contributed by atoms with van der Waals surface area (Å²) in [6, 6.07) is 4.68. The van der Waals surface area contributed by atoms with Crippen molar-refractivity contribution in [1.29, 1.82) is 0 Å². The summed E-state index contributed by atoms with van der Waals surface area (Å²) < 4.78 is 0. The number of hydrogen-bond donors (Lipinski definition) is 2. The van der Waals surface area contributed by atoms with Crippen LogP contribution in [0.4, 0.5) is 5.69 Å². The molecular weight excluding hydrogens is 314 g/mol. The number of nitro groups is 1. The monoisotopic (exact) mass is 333 g/mol. The lowest BCUT2D eigenvalue weighted by Gasteiger charge is -2.13. The maximum atomic E-state index is 12.0. The molecule has 0 aliphatic heterocycles. The van der Waals surface area contributed by atoms with E-state index in [0.717, 1.165) is 6.54 Å². The van der Waals surface area contributed by atoms with Gasteiger partial charge in [0.2, 0.25) is 0 Å². The van der Waals surface area contributed by atoms with Gasteiger partial charge in [-0.25, -0.2) is 0 Å². The lowest BCUT2D eigenvalue weighted by atomic mass is 10.2. The average molecular weight is 334 g/mol. The topological polar surface area (TPSA) is 84.3 Å². The summed E-state index contributed by atoms with van der Waals surface area (Å²) in [5.74, 6) is -0.300. The molecule has 21 heavy (non-hydrogen) atoms. The molecule has 0 saturated heterocycles. The highest BCUT2D eigenvalue weighted by atomic mass is 35.5. The molecule has 1 aromatic carbocycles. The van der Waals surface area contributed by atoms with E-state index in [9.17, 15) is 14.9 Å². The second-order valence-corrected chi connectivity index (χ2v) is 5.16. The van der Waals surface area contributed by atoms with E-state index in [1.807, 2.05) is 13.8 Å². The SMILES string of the molecule is CCN[C@H](C)CNC(=O)c1ccc(SC)c([N+](=O)[O-])c1.Cl. The van der Waals surface area contributed by atoms with E-state index in [-0.39, 0.29) is 30.0 Å². The molecule has 1 atom stereocenters. The van der Waals surface area contributed by atoms with Crippen LogP contribution in [0.15, 0.2) is 23.1 Å². The van der Waals surface area contributed by atoms with Crippen LogP contribution in [-0.4, -0.2) is 36.2 Å². The number of hydrogen-bond acceptors (Lipinski definition) is 5. The van der Waals surface area contributed by atoms with Crippen molar-refractivity contribution >= 4 is 35.8 Å². The second kappa shape index (κ2) is 9.59. The first-order valence-corrected chi connectivity index (χ1v) is 7.56. The number of likely N-dealkylation sites (N-methyl/N-ethyl adjacent to an activating group) is 1. The molecule has 8 heteroatoms. The van der Waals surface area contributed by atoms with Gasteiger partial charge in [0.25, 0.3) is 11.6 Å². The van der Waals surface area contributed by atoms with Crippen molar-refractivity contribution in [1.82, 2.24) is 10.6 Å². The zero-order valence-electron chi connectivity index (χ0n) is 12.2. The number of rotatable bonds is 7. The molecule has 0 fully saturated rings. The van der Waals surface area contributed by atoms with Crippen molar-refractivity contribution in [3.63, 3.8) is 0 Å². The van der Waals surface area contributed by atoms with Crippen molar-refractivity contribution in [2.45, 2.75) is 24.8 Å². The van der Waals surface area contributed by atoms with Crippen molar-refractivity contribution in [3.8, 4) is 0 Å². The van der Waals surface area contributed by atoms with E-state index in [0.29, 0.717) is 17.0 Å². The standard InChI is InChI=1S/C13H19N3O3S.ClH/c1-4-14-9(2)8-15-13(17)10-5-6-12(20-3)11(7-10)16(18)19;/h5-7,9,14H,4,8H2,1-3H3,(H,15,17);1H/t9-;/m1./s1. The lowest BCUT2D eigenvalue weighted by Crippen LogP contribution is -2.38. The number of carbonyl (C=O) groups excluding carboxylic acids is 1. The molecule has 1 rings (SSSR count). The van der Waals surface area contributed by atoms with E-state index in [1.165, 1.54) is 17.8 Å². The minimum Gasteiger partial charge on any atom is -0.350 e. The predicted octanol–water partition coefficient (Wildman–Crippen LogP) is 2.47. The number of nitrogens with zero attached hydrogens (tertiary/aromatic N) is 1. The van der Waals surface area contributed by atoms with Crippen LogP contribution < -0.4 is 10.6 Å². The van der Waals surface area contributed by atoms with Gasteiger partial charge in [0.1, 0.15) is 0 Å². The van der Waals surface area contributed by atoms with E-state index in [4.69, 9.17) is 0 Å². The Bertz CT molecular complexity index is 500. The Morgan fingerprint density at radius 3 is 2.67 bits per heavy atom. The molecule has 118 valence electrons. The van der Waals surface area contributed by atoms with Crippen LogP contribution in [0.5, 0.6) is 0 Å². The minimum absolute atomic E-state index is 0. The number of nitrogens with one attached hydrogen (secondary N) is 2. The normalized spacial score (nSPS) is 11.4. The Kier molecular flexibility index (Phi) is 9.00. The molecule has 0 heterocycles. The summed E-state index contributed by atoms with van der Waals surface area (Å²) >= 11 is 1.29. The van der Waals surface area contributed by atoms with Crippen LogP contribution in [0.25, 0.3) is 0 Å². The van der Waals surface area contributed by atoms with Gasteiger partial charge in [-0.2, -0.15) is 0 Å². The van der Waals surface area contributed by atoms with Crippen LogP contribution in [-0.2, 0) is 0 Å². The molecular formula is C13H20ClN3O3S. The number of halogens is 1. The molecule has 1 amide bonds. The van der Waals surface area contributed by atoms with Gasteiger partial charge >= 0.3 is 0 Å². The van der Waals surface area contributed by atoms with E-state index < -0.39 is 4.92 Å². The van der Waals surface area contributed by atoms with Crippen LogP contribution in [0.1, 0.15) is 24.2 Å². The Labute approximate surface area is 134 Å². The van der Waals surface area contributed by atoms with Crippen LogP contribution in [0.2, 0.25) is 0 Å². The van der Waals surface area contributed by atoms with Crippen molar-refractivity contribution in [3.05, 3.63) is 33.9 Å². The first-order valence-electron chi connectivity index (χ1n) is 6.33. The highest BCUT2D eigenvalue weighted by Crippen LogP contribution is 2.28. The van der Waals surface area contributed by atoms with Crippen LogP contribution in [0, 0.1) is 10.1 Å². The van der Waals surface area contributed by atoms with Gasteiger partial charge in [-0.3, -0.25) is 14.9 Å². The highest BCUT2D eigenvalue weighted by molar-refractivity contribution is 7.98. The van der Waals surface area contributed by atoms with E-state index >= 15 is 0 Å². The molecule has 0 saturated carbocycles. The molecule has 0 radical (unpaired) electrons. The third kappa shape index (κ3) is 5.91. The smallest absolute Gasteiger partial charge is 0.283 e. The van der Waals surface area contributed by atoms with Gasteiger partial charge in [0, 0.05) is 24.2 Å². The van der Waals surface area contributed by atoms with E-state index in [2.05, 4.69) is 10.6 Å². The third-order valence-corrected chi connectivity index (χ3v) is 3.54. The number of nitro benzene ring substituents is 1. The fourth-order valence-electron chi connectivity index (χ4n) is 1.74. The molecule has 0 aromatic heterocycles. The van der Waals surface area contributed by atoms with Gasteiger partial charge in [-0.15, -0.1) is 24.2 Å². The predicted molar refractivity (Wildman–Crippen MR) is 87.6 cm³/mol. The van der Waals surface area contributed by atoms with Crippen molar-refractivity contribution in [2.24, 2.45) is 0 Å². The van der Waals surface area contributed by atoms with Gasteiger partial charge in [0.05, 0.1) is 9.82 Å². The zero-order valence-corrected chi connectivity index (χ0v) is 13.8. The van der Waals surface area contributed by atoms with Crippen LogP contribution >= 0.6 is 24.2 Å². The van der Waals surface area contributed by atoms with E-state index in [1.54, 1.807) is 18.4 Å². The number of benzene rings is 1. The molecule has 6 nitrogen and oxygen atoms in total. The van der Waals surface area contributed by atoms with Crippen molar-refractivity contribution < 1.29 is 9.72 Å². The summed E-state index contributed by atoms with van der Waals surface area (Å²) in [6.07, 6.45) is 1.76. The molecule has 1 aromatic rings. The first-order chi connectivity index (χ1) is 9.49. The summed E-state index contributed by atoms with van der Waals surface area (Å²) in [5.41, 5.74) is 0.267. The maximum Gasteiger partial charge on any atom is 0.283 e. The first kappa shape index (κ1) is 19.7. The molecule has 2 N–H and O–H groups in total. The quantitative estimate of drug-likeness (QED) is 0.455. The molecule has 0 spiro atoms. The average Bonchev–Trinajstić information content (AvgIpc) is 2.44. The summed E-state index contributed by atoms with van der Waals surface area (Å²) in [7, 11) is 0. The molecule has 0 aliphatic carbocycles. The van der Waals surface area contributed by atoms with Gasteiger partial charge in [-0.05, 0) is 31.9 Å². The Morgan fingerprint density at radius 2 is 2.14 bits per heavy atom. The lowest BCUT2D eigenvalue weighted by molar-refractivity contribution is -0.387. The zero-order chi connectivity index (χ0) is 15.1. The highest BCUT2D eigenvalue weighted by Gasteiger charge is 2.17. The fourth-order valence-corrected chi connectivity index (χ4v) is 2.29. The molecule has 0 aliphatic rings. The van der Waals surface area contributed by atoms with Crippen molar-refractivity contribution in [2.75, 3.05) is 19.3 Å². The van der Waals surface area contributed by atoms with Gasteiger partial charge in [-0.1, -0.05) is 6.92 Å². The van der Waals surface area contributed by atoms with Crippen LogP contribution in [0.3, 0.4) is 0 Å². The Hall–Kier alpha value is -1.31. The summed E-state index contributed by atoms with van der Waals surface area (Å²) in [4.78, 5) is 23.0. The number of carbonyl (C=O) groups is 1. The second-order valence-electron chi connectivity index (χ2n) is 4.31. The van der Waals surface area contributed by atoms with Gasteiger partial charge in [0.15, 0.2) is 0 Å². The number of amides is 1. The summed E-state index contributed by atoms with van der Waals surface area (Å²) in [5, 5.41) is 16.9. The van der Waals surface area contributed by atoms with Gasteiger partial charge < -0.3 is 10.6 Å². The Morgan fingerprint density at radius 1 is 1.48 bits per heavy atom. The molecule has 0 unspecified atom stereocenters. The molecule has 0 bridgehead atoms. The minimum atomic E-state index is -0.468. The third-order valence-electron chi connectivity index (χ3n) is 2.76. The maximum absolute atomic E-state index is 12.0. The largest absolute Gasteiger partial charge is 0.350 e. The summed E-state index contributed by atoms with van der Waals surface area (Å²) in [6.45, 7) is 5.25. The Balaban J connectivity index is 0.00000400. The number of thioether (sulfide) groups is 1.